The van der Waals surface area contributed by atoms with E-state index in [1.165, 1.54) is 11.1 Å². The van der Waals surface area contributed by atoms with Crippen molar-refractivity contribution in [3.8, 4) is 0 Å². The molecule has 0 aliphatic carbocycles. The highest BCUT2D eigenvalue weighted by molar-refractivity contribution is 5.73. The van der Waals surface area contributed by atoms with Gasteiger partial charge in [-0.05, 0) is 51.3 Å². The third kappa shape index (κ3) is 4.83. The van der Waals surface area contributed by atoms with Crippen LogP contribution < -0.4 is 5.32 Å². The number of likely N-dealkylation sites (tertiary alicyclic amines) is 1. The van der Waals surface area contributed by atoms with E-state index in [2.05, 4.69) is 41.4 Å². The quantitative estimate of drug-likeness (QED) is 0.844. The minimum Gasteiger partial charge on any atom is -0.480 e. The Morgan fingerprint density at radius 2 is 2.33 bits per heavy atom. The Hall–Kier alpha value is -1.39. The van der Waals surface area contributed by atoms with Gasteiger partial charge in [-0.25, -0.2) is 0 Å². The van der Waals surface area contributed by atoms with Crippen molar-refractivity contribution in [1.82, 2.24) is 10.2 Å². The molecule has 2 N–H and O–H groups in total. The number of aliphatic carboxylic acids is 1. The lowest BCUT2D eigenvalue weighted by Gasteiger charge is -2.33. The molecular weight excluding hydrogens is 264 g/mol. The van der Waals surface area contributed by atoms with Crippen LogP contribution in [-0.2, 0) is 11.3 Å². The second kappa shape index (κ2) is 7.57. The molecule has 0 spiro atoms. The van der Waals surface area contributed by atoms with Gasteiger partial charge in [0.1, 0.15) is 6.04 Å². The molecule has 21 heavy (non-hydrogen) atoms. The predicted molar refractivity (Wildman–Crippen MR) is 84.3 cm³/mol. The van der Waals surface area contributed by atoms with Gasteiger partial charge >= 0.3 is 5.97 Å². The van der Waals surface area contributed by atoms with Gasteiger partial charge < -0.3 is 10.4 Å². The molecule has 0 saturated carbocycles. The zero-order chi connectivity index (χ0) is 15.2. The van der Waals surface area contributed by atoms with Crippen molar-refractivity contribution in [3.63, 3.8) is 0 Å². The molecule has 0 amide bonds. The number of hydrogen-bond donors (Lipinski definition) is 2. The molecule has 0 aromatic heterocycles. The number of benzene rings is 1. The van der Waals surface area contributed by atoms with E-state index in [0.717, 1.165) is 38.9 Å². The SMILES string of the molecule is CNC(CC1CCCN(Cc2cccc(C)c2)C1)C(=O)O. The van der Waals surface area contributed by atoms with E-state index in [-0.39, 0.29) is 0 Å². The Labute approximate surface area is 127 Å². The number of likely N-dealkylation sites (N-methyl/N-ethyl adjacent to an activating group) is 1. The Kier molecular flexibility index (Phi) is 5.76. The second-order valence-electron chi connectivity index (χ2n) is 6.15. The maximum absolute atomic E-state index is 11.1. The Balaban J connectivity index is 1.90. The summed E-state index contributed by atoms with van der Waals surface area (Å²) in [6, 6.07) is 8.20. The molecule has 4 nitrogen and oxygen atoms in total. The first kappa shape index (κ1) is 16.0. The summed E-state index contributed by atoms with van der Waals surface area (Å²) in [5.41, 5.74) is 2.64. The highest BCUT2D eigenvalue weighted by Gasteiger charge is 2.25. The van der Waals surface area contributed by atoms with Crippen molar-refractivity contribution < 1.29 is 9.90 Å². The largest absolute Gasteiger partial charge is 0.480 e. The molecule has 0 bridgehead atoms. The first-order chi connectivity index (χ1) is 10.1. The number of hydrogen-bond acceptors (Lipinski definition) is 3. The molecule has 1 aliphatic heterocycles. The van der Waals surface area contributed by atoms with Crippen molar-refractivity contribution >= 4 is 5.97 Å². The van der Waals surface area contributed by atoms with Gasteiger partial charge in [0.2, 0.25) is 0 Å². The van der Waals surface area contributed by atoms with E-state index in [4.69, 9.17) is 5.11 Å². The van der Waals surface area contributed by atoms with E-state index in [0.29, 0.717) is 5.92 Å². The predicted octanol–water partition coefficient (Wildman–Crippen LogP) is 2.27. The minimum atomic E-state index is -0.742. The molecule has 116 valence electrons. The van der Waals surface area contributed by atoms with E-state index in [1.807, 2.05) is 0 Å². The fraction of sp³-hybridized carbons (Fsp3) is 0.588. The van der Waals surface area contributed by atoms with Crippen LogP contribution in [0.25, 0.3) is 0 Å². The zero-order valence-corrected chi connectivity index (χ0v) is 13.0. The third-order valence-electron chi connectivity index (χ3n) is 4.31. The smallest absolute Gasteiger partial charge is 0.320 e. The van der Waals surface area contributed by atoms with Crippen molar-refractivity contribution in [1.29, 1.82) is 0 Å². The molecule has 1 heterocycles. The van der Waals surface area contributed by atoms with Crippen LogP contribution in [0, 0.1) is 12.8 Å². The molecule has 1 aromatic rings. The number of carbonyl (C=O) groups is 1. The third-order valence-corrected chi connectivity index (χ3v) is 4.31. The molecular formula is C17H26N2O2. The summed E-state index contributed by atoms with van der Waals surface area (Å²) in [7, 11) is 1.73. The van der Waals surface area contributed by atoms with Crippen LogP contribution in [0.5, 0.6) is 0 Å². The molecule has 2 rings (SSSR count). The lowest BCUT2D eigenvalue weighted by atomic mass is 9.91. The van der Waals surface area contributed by atoms with Crippen LogP contribution >= 0.6 is 0 Å². The number of nitrogens with zero attached hydrogens (tertiary/aromatic N) is 1. The summed E-state index contributed by atoms with van der Waals surface area (Å²) in [5, 5.41) is 12.1. The lowest BCUT2D eigenvalue weighted by Crippen LogP contribution is -2.41. The molecule has 1 saturated heterocycles. The highest BCUT2D eigenvalue weighted by Crippen LogP contribution is 2.22. The fourth-order valence-corrected chi connectivity index (χ4v) is 3.23. The number of nitrogens with one attached hydrogen (secondary N) is 1. The van der Waals surface area contributed by atoms with Crippen LogP contribution in [0.15, 0.2) is 24.3 Å². The summed E-state index contributed by atoms with van der Waals surface area (Å²) in [6.07, 6.45) is 3.01. The molecule has 1 fully saturated rings. The van der Waals surface area contributed by atoms with Gasteiger partial charge in [-0.1, -0.05) is 29.8 Å². The van der Waals surface area contributed by atoms with Gasteiger partial charge in [0, 0.05) is 13.1 Å². The fourth-order valence-electron chi connectivity index (χ4n) is 3.23. The zero-order valence-electron chi connectivity index (χ0n) is 13.0. The first-order valence-corrected chi connectivity index (χ1v) is 7.76. The minimum absolute atomic E-state index is 0.422. The maximum atomic E-state index is 11.1. The van der Waals surface area contributed by atoms with Crippen molar-refractivity contribution in [2.24, 2.45) is 5.92 Å². The second-order valence-corrected chi connectivity index (χ2v) is 6.15. The summed E-state index contributed by atoms with van der Waals surface area (Å²) in [6.45, 7) is 5.20. The standard InChI is InChI=1S/C17H26N2O2/c1-13-5-3-6-14(9-13)11-19-8-4-7-15(12-19)10-16(18-2)17(20)21/h3,5-6,9,15-16,18H,4,7-8,10-12H2,1-2H3,(H,20,21). The number of carboxylic acids is 1. The van der Waals surface area contributed by atoms with E-state index >= 15 is 0 Å². The molecule has 2 atom stereocenters. The maximum Gasteiger partial charge on any atom is 0.320 e. The van der Waals surface area contributed by atoms with Gasteiger partial charge in [-0.3, -0.25) is 9.69 Å². The molecule has 4 heteroatoms. The number of carboxylic acid groups (broad SMARTS) is 1. The molecule has 1 aromatic carbocycles. The van der Waals surface area contributed by atoms with E-state index in [1.54, 1.807) is 7.05 Å². The summed E-state index contributed by atoms with van der Waals surface area (Å²) >= 11 is 0. The van der Waals surface area contributed by atoms with Gasteiger partial charge in [0.15, 0.2) is 0 Å². The Bertz CT molecular complexity index is 476. The monoisotopic (exact) mass is 290 g/mol. The summed E-state index contributed by atoms with van der Waals surface area (Å²) in [4.78, 5) is 13.6. The van der Waals surface area contributed by atoms with Crippen molar-refractivity contribution in [2.75, 3.05) is 20.1 Å². The molecule has 1 aliphatic rings. The lowest BCUT2D eigenvalue weighted by molar-refractivity contribution is -0.139. The normalized spacial score (nSPS) is 21.1. The number of aryl methyl sites for hydroxylation is 1. The van der Waals surface area contributed by atoms with Crippen LogP contribution in [0.1, 0.15) is 30.4 Å². The van der Waals surface area contributed by atoms with Crippen LogP contribution in [0.4, 0.5) is 0 Å². The number of rotatable bonds is 6. The average Bonchev–Trinajstić information content (AvgIpc) is 2.45. The van der Waals surface area contributed by atoms with Crippen molar-refractivity contribution in [3.05, 3.63) is 35.4 Å². The van der Waals surface area contributed by atoms with Gasteiger partial charge in [-0.2, -0.15) is 0 Å². The Morgan fingerprint density at radius 1 is 1.52 bits per heavy atom. The molecule has 0 radical (unpaired) electrons. The van der Waals surface area contributed by atoms with Crippen LogP contribution in [0.2, 0.25) is 0 Å². The van der Waals surface area contributed by atoms with E-state index < -0.39 is 12.0 Å². The number of piperidine rings is 1. The topological polar surface area (TPSA) is 52.6 Å². The van der Waals surface area contributed by atoms with E-state index in [9.17, 15) is 4.79 Å². The average molecular weight is 290 g/mol. The first-order valence-electron chi connectivity index (χ1n) is 7.76. The van der Waals surface area contributed by atoms with Crippen LogP contribution in [0.3, 0.4) is 0 Å². The van der Waals surface area contributed by atoms with Gasteiger partial charge in [0.25, 0.3) is 0 Å². The van der Waals surface area contributed by atoms with Gasteiger partial charge in [0.05, 0.1) is 0 Å². The molecule has 2 unspecified atom stereocenters. The summed E-state index contributed by atoms with van der Waals surface area (Å²) < 4.78 is 0. The van der Waals surface area contributed by atoms with Crippen molar-refractivity contribution in [2.45, 2.75) is 38.8 Å². The van der Waals surface area contributed by atoms with Gasteiger partial charge in [-0.15, -0.1) is 0 Å². The van der Waals surface area contributed by atoms with Crippen LogP contribution in [-0.4, -0.2) is 42.2 Å². The summed E-state index contributed by atoms with van der Waals surface area (Å²) in [5.74, 6) is -0.273. The Morgan fingerprint density at radius 3 is 3.00 bits per heavy atom. The highest BCUT2D eigenvalue weighted by atomic mass is 16.4.